The Labute approximate surface area is 116 Å². The zero-order valence-electron chi connectivity index (χ0n) is 11.2. The number of hydrogen-bond acceptors (Lipinski definition) is 7. The summed E-state index contributed by atoms with van der Waals surface area (Å²) in [5.41, 5.74) is 6.10. The summed E-state index contributed by atoms with van der Waals surface area (Å²) >= 11 is 0. The lowest BCUT2D eigenvalue weighted by Gasteiger charge is -2.15. The number of anilines is 2. The van der Waals surface area contributed by atoms with Crippen LogP contribution < -0.4 is 11.1 Å². The first kappa shape index (κ1) is 16.5. The van der Waals surface area contributed by atoms with Crippen LogP contribution in [0.3, 0.4) is 0 Å². The molecule has 1 rings (SSSR count). The van der Waals surface area contributed by atoms with Crippen molar-refractivity contribution in [2.75, 3.05) is 23.9 Å². The Bertz CT molecular complexity index is 518. The molecule has 0 aliphatic rings. The van der Waals surface area contributed by atoms with Crippen molar-refractivity contribution in [2.24, 2.45) is 4.99 Å². The lowest BCUT2D eigenvalue weighted by atomic mass is 10.3. The van der Waals surface area contributed by atoms with E-state index in [4.69, 9.17) is 20.3 Å². The van der Waals surface area contributed by atoms with Crippen LogP contribution in [-0.4, -0.2) is 45.0 Å². The van der Waals surface area contributed by atoms with Gasteiger partial charge in [-0.2, -0.15) is 0 Å². The minimum Gasteiger partial charge on any atom is -0.382 e. The van der Waals surface area contributed by atoms with Crippen LogP contribution in [0, 0.1) is 0 Å². The predicted octanol–water partition coefficient (Wildman–Crippen LogP) is 0.733. The van der Waals surface area contributed by atoms with E-state index in [1.165, 1.54) is 6.33 Å². The number of aliphatic imine (C=N–C) groups is 1. The van der Waals surface area contributed by atoms with Crippen LogP contribution in [-0.2, 0) is 9.30 Å². The Kier molecular flexibility index (Phi) is 6.03. The van der Waals surface area contributed by atoms with Gasteiger partial charge in [-0.05, 0) is 13.8 Å². The van der Waals surface area contributed by atoms with Gasteiger partial charge in [-0.3, -0.25) is 9.56 Å². The molecule has 1 aromatic rings. The van der Waals surface area contributed by atoms with Gasteiger partial charge in [0, 0.05) is 12.8 Å². The molecule has 10 heteroatoms. The number of rotatable bonds is 7. The van der Waals surface area contributed by atoms with Crippen molar-refractivity contribution in [1.82, 2.24) is 9.97 Å². The molecule has 20 heavy (non-hydrogen) atoms. The summed E-state index contributed by atoms with van der Waals surface area (Å²) in [6.45, 7) is 3.71. The Morgan fingerprint density at radius 1 is 1.60 bits per heavy atom. The minimum absolute atomic E-state index is 0.240. The number of aromatic nitrogens is 2. The molecule has 0 spiro atoms. The summed E-state index contributed by atoms with van der Waals surface area (Å²) in [5, 5.41) is 2.95. The molecule has 9 nitrogen and oxygen atoms in total. The first-order valence-electron chi connectivity index (χ1n) is 5.82. The number of nitrogens with zero attached hydrogens (tertiary/aromatic N) is 3. The van der Waals surface area contributed by atoms with Gasteiger partial charge in [0.1, 0.15) is 18.4 Å². The highest BCUT2D eigenvalue weighted by Gasteiger charge is 2.16. The first-order valence-corrected chi connectivity index (χ1v) is 7.62. The van der Waals surface area contributed by atoms with Crippen LogP contribution in [0.15, 0.2) is 11.3 Å². The monoisotopic (exact) mass is 303 g/mol. The van der Waals surface area contributed by atoms with E-state index in [2.05, 4.69) is 20.3 Å². The van der Waals surface area contributed by atoms with Crippen molar-refractivity contribution in [1.29, 1.82) is 0 Å². The maximum absolute atomic E-state index is 10.7. The number of nitrogens with one attached hydrogen (secondary N) is 1. The smallest absolute Gasteiger partial charge is 0.350 e. The molecule has 0 saturated heterocycles. The molecule has 112 valence electrons. The summed E-state index contributed by atoms with van der Waals surface area (Å²) in [6.07, 6.45) is 1.82. The molecule has 1 unspecified atom stereocenters. The Morgan fingerprint density at radius 3 is 2.90 bits per heavy atom. The van der Waals surface area contributed by atoms with Crippen LogP contribution in [0.1, 0.15) is 13.8 Å². The normalized spacial score (nSPS) is 13.6. The van der Waals surface area contributed by atoms with Gasteiger partial charge in [-0.15, -0.1) is 0 Å². The third kappa shape index (κ3) is 5.62. The van der Waals surface area contributed by atoms with E-state index in [9.17, 15) is 4.57 Å². The molecule has 1 heterocycles. The lowest BCUT2D eigenvalue weighted by Crippen LogP contribution is -2.21. The summed E-state index contributed by atoms with van der Waals surface area (Å²) < 4.78 is 15.7. The van der Waals surface area contributed by atoms with Crippen molar-refractivity contribution in [3.05, 3.63) is 6.33 Å². The van der Waals surface area contributed by atoms with E-state index >= 15 is 0 Å². The van der Waals surface area contributed by atoms with E-state index in [-0.39, 0.29) is 5.82 Å². The average Bonchev–Trinajstić information content (AvgIpc) is 2.36. The standard InChI is InChI=1S/C10H18N5O4P/c1-3-12-8-9(11)14-5-15-10(8)13-4-7(2)19-6-20(16,17)18/h3,5,7H,4,6H2,1-2H3,(H2,16,17,18)(H3,11,13,14,15)/b12-3-. The largest absolute Gasteiger partial charge is 0.382 e. The van der Waals surface area contributed by atoms with Crippen LogP contribution in [0.5, 0.6) is 0 Å². The Balaban J connectivity index is 2.61. The second-order valence-corrected chi connectivity index (χ2v) is 5.58. The molecule has 1 aromatic heterocycles. The zero-order valence-corrected chi connectivity index (χ0v) is 12.1. The molecular formula is C10H18N5O4P. The fraction of sp³-hybridized carbons (Fsp3) is 0.500. The van der Waals surface area contributed by atoms with Gasteiger partial charge in [0.05, 0.1) is 6.10 Å². The van der Waals surface area contributed by atoms with Gasteiger partial charge in [0.2, 0.25) is 0 Å². The van der Waals surface area contributed by atoms with Gasteiger partial charge < -0.3 is 25.6 Å². The topological polar surface area (TPSA) is 143 Å². The second kappa shape index (κ2) is 7.30. The van der Waals surface area contributed by atoms with E-state index < -0.39 is 20.0 Å². The third-order valence-electron chi connectivity index (χ3n) is 2.19. The van der Waals surface area contributed by atoms with Gasteiger partial charge in [0.15, 0.2) is 11.6 Å². The second-order valence-electron chi connectivity index (χ2n) is 4.00. The highest BCUT2D eigenvalue weighted by molar-refractivity contribution is 7.51. The molecule has 1 atom stereocenters. The van der Waals surface area contributed by atoms with E-state index in [1.54, 1.807) is 20.1 Å². The van der Waals surface area contributed by atoms with Gasteiger partial charge in [-0.1, -0.05) is 0 Å². The zero-order chi connectivity index (χ0) is 15.2. The summed E-state index contributed by atoms with van der Waals surface area (Å²) in [4.78, 5) is 29.3. The van der Waals surface area contributed by atoms with Crippen LogP contribution >= 0.6 is 7.60 Å². The predicted molar refractivity (Wildman–Crippen MR) is 76.2 cm³/mol. The van der Waals surface area contributed by atoms with Crippen LogP contribution in [0.2, 0.25) is 0 Å². The summed E-state index contributed by atoms with van der Waals surface area (Å²) in [5.74, 6) is 0.673. The molecule has 5 N–H and O–H groups in total. The molecule has 0 aromatic carbocycles. The number of nitrogen functional groups attached to an aromatic ring is 1. The van der Waals surface area contributed by atoms with Crippen molar-refractivity contribution < 1.29 is 19.1 Å². The van der Waals surface area contributed by atoms with Crippen molar-refractivity contribution in [2.45, 2.75) is 20.0 Å². The van der Waals surface area contributed by atoms with E-state index in [0.29, 0.717) is 18.1 Å². The highest BCUT2D eigenvalue weighted by atomic mass is 31.2. The van der Waals surface area contributed by atoms with Gasteiger partial charge >= 0.3 is 7.60 Å². The summed E-state index contributed by atoms with van der Waals surface area (Å²) in [6, 6.07) is 0. The van der Waals surface area contributed by atoms with Gasteiger partial charge in [-0.25, -0.2) is 9.97 Å². The Morgan fingerprint density at radius 2 is 2.30 bits per heavy atom. The molecule has 0 fully saturated rings. The Hall–Kier alpha value is -1.54. The maximum Gasteiger partial charge on any atom is 0.350 e. The number of hydrogen-bond donors (Lipinski definition) is 4. The first-order chi connectivity index (χ1) is 9.33. The molecule has 0 bridgehead atoms. The SMILES string of the molecule is C/C=N\c1c(N)ncnc1NCC(C)OCP(=O)(O)O. The molecule has 0 aliphatic carbocycles. The van der Waals surface area contributed by atoms with Gasteiger partial charge in [0.25, 0.3) is 0 Å². The van der Waals surface area contributed by atoms with Crippen molar-refractivity contribution in [3.63, 3.8) is 0 Å². The molecule has 0 amide bonds. The fourth-order valence-corrected chi connectivity index (χ4v) is 1.75. The fourth-order valence-electron chi connectivity index (χ4n) is 1.30. The van der Waals surface area contributed by atoms with Crippen molar-refractivity contribution >= 4 is 31.1 Å². The minimum atomic E-state index is -4.16. The molecule has 0 saturated carbocycles. The highest BCUT2D eigenvalue weighted by Crippen LogP contribution is 2.34. The van der Waals surface area contributed by atoms with Crippen LogP contribution in [0.4, 0.5) is 17.3 Å². The third-order valence-corrected chi connectivity index (χ3v) is 2.68. The van der Waals surface area contributed by atoms with Crippen molar-refractivity contribution in [3.8, 4) is 0 Å². The lowest BCUT2D eigenvalue weighted by molar-refractivity contribution is 0.0973. The quantitative estimate of drug-likeness (QED) is 0.426. The number of nitrogens with two attached hydrogens (primary N) is 1. The molecular weight excluding hydrogens is 285 g/mol. The molecule has 0 radical (unpaired) electrons. The average molecular weight is 303 g/mol. The van der Waals surface area contributed by atoms with E-state index in [1.807, 2.05) is 0 Å². The van der Waals surface area contributed by atoms with Crippen LogP contribution in [0.25, 0.3) is 0 Å². The molecule has 0 aliphatic heterocycles. The van der Waals surface area contributed by atoms with E-state index in [0.717, 1.165) is 0 Å². The maximum atomic E-state index is 10.7. The summed E-state index contributed by atoms with van der Waals surface area (Å²) in [7, 11) is -4.16. The number of ether oxygens (including phenoxy) is 1.